The summed E-state index contributed by atoms with van der Waals surface area (Å²) in [4.78, 5) is 0. The molecule has 1 aliphatic rings. The van der Waals surface area contributed by atoms with Crippen LogP contribution in [0.3, 0.4) is 0 Å². The zero-order valence-corrected chi connectivity index (χ0v) is 12.7. The van der Waals surface area contributed by atoms with Crippen molar-refractivity contribution in [3.05, 3.63) is 35.9 Å². The van der Waals surface area contributed by atoms with Crippen LogP contribution in [0.25, 0.3) is 0 Å². The van der Waals surface area contributed by atoms with Crippen LogP contribution in [0, 0.1) is 17.8 Å². The summed E-state index contributed by atoms with van der Waals surface area (Å²) in [7, 11) is 0. The highest BCUT2D eigenvalue weighted by Crippen LogP contribution is 2.39. The van der Waals surface area contributed by atoms with Crippen molar-refractivity contribution in [1.82, 2.24) is 0 Å². The first-order chi connectivity index (χ1) is 9.00. The lowest BCUT2D eigenvalue weighted by Gasteiger charge is -2.27. The fraction of sp³-hybridized carbons (Fsp3) is 0.647. The van der Waals surface area contributed by atoms with Gasteiger partial charge >= 0.3 is 0 Å². The van der Waals surface area contributed by atoms with E-state index in [0.717, 1.165) is 5.56 Å². The van der Waals surface area contributed by atoms with Crippen molar-refractivity contribution in [2.45, 2.75) is 53.1 Å². The average molecular weight is 262 g/mol. The standard InChI is InChI=1S/C17H26O2/c1-11(2)13(5)16-15(12(3)4)18-17(19-16)14-9-7-6-8-10-14/h6-13,15-17H,1-5H3/t13?,15-,16-,17?/m0/s1. The summed E-state index contributed by atoms with van der Waals surface area (Å²) in [5.41, 5.74) is 1.12. The average Bonchev–Trinajstić information content (AvgIpc) is 2.83. The minimum absolute atomic E-state index is 0.183. The molecule has 1 heterocycles. The molecule has 0 aliphatic carbocycles. The Labute approximate surface area is 117 Å². The van der Waals surface area contributed by atoms with Gasteiger partial charge < -0.3 is 9.47 Å². The molecule has 19 heavy (non-hydrogen) atoms. The monoisotopic (exact) mass is 262 g/mol. The van der Waals surface area contributed by atoms with Crippen LogP contribution in [-0.4, -0.2) is 12.2 Å². The lowest BCUT2D eigenvalue weighted by molar-refractivity contribution is -0.0790. The van der Waals surface area contributed by atoms with Gasteiger partial charge in [0.15, 0.2) is 6.29 Å². The van der Waals surface area contributed by atoms with Crippen LogP contribution in [0.5, 0.6) is 0 Å². The largest absolute Gasteiger partial charge is 0.342 e. The molecule has 0 radical (unpaired) electrons. The maximum atomic E-state index is 6.22. The van der Waals surface area contributed by atoms with E-state index < -0.39 is 0 Å². The Morgan fingerprint density at radius 1 is 0.842 bits per heavy atom. The van der Waals surface area contributed by atoms with Gasteiger partial charge in [0.2, 0.25) is 0 Å². The number of benzene rings is 1. The molecule has 1 saturated heterocycles. The summed E-state index contributed by atoms with van der Waals surface area (Å²) < 4.78 is 12.4. The van der Waals surface area contributed by atoms with E-state index in [0.29, 0.717) is 17.8 Å². The quantitative estimate of drug-likeness (QED) is 0.800. The summed E-state index contributed by atoms with van der Waals surface area (Å²) in [5.74, 6) is 1.57. The van der Waals surface area contributed by atoms with E-state index in [1.165, 1.54) is 0 Å². The molecular formula is C17H26O2. The highest BCUT2D eigenvalue weighted by molar-refractivity contribution is 5.17. The lowest BCUT2D eigenvalue weighted by Crippen LogP contribution is -2.35. The van der Waals surface area contributed by atoms with Crippen LogP contribution in [-0.2, 0) is 9.47 Å². The minimum atomic E-state index is -0.209. The molecule has 0 amide bonds. The molecule has 0 N–H and O–H groups in total. The topological polar surface area (TPSA) is 18.5 Å². The van der Waals surface area contributed by atoms with Crippen molar-refractivity contribution in [2.24, 2.45) is 17.8 Å². The van der Waals surface area contributed by atoms with E-state index in [4.69, 9.17) is 9.47 Å². The molecule has 1 fully saturated rings. The van der Waals surface area contributed by atoms with E-state index in [1.807, 2.05) is 18.2 Å². The van der Waals surface area contributed by atoms with Gasteiger partial charge in [0.05, 0.1) is 12.2 Å². The molecule has 2 unspecified atom stereocenters. The smallest absolute Gasteiger partial charge is 0.184 e. The van der Waals surface area contributed by atoms with Crippen molar-refractivity contribution in [3.8, 4) is 0 Å². The van der Waals surface area contributed by atoms with Gasteiger partial charge in [0.25, 0.3) is 0 Å². The van der Waals surface area contributed by atoms with Crippen LogP contribution in [0.15, 0.2) is 30.3 Å². The maximum absolute atomic E-state index is 6.22. The van der Waals surface area contributed by atoms with Crippen LogP contribution >= 0.6 is 0 Å². The third kappa shape index (κ3) is 3.18. The van der Waals surface area contributed by atoms with Gasteiger partial charge in [-0.1, -0.05) is 65.0 Å². The normalized spacial score (nSPS) is 29.1. The first-order valence-electron chi connectivity index (χ1n) is 7.36. The molecule has 0 aromatic heterocycles. The molecule has 1 aromatic rings. The second-order valence-corrected chi connectivity index (χ2v) is 6.29. The zero-order valence-electron chi connectivity index (χ0n) is 12.7. The maximum Gasteiger partial charge on any atom is 0.184 e. The van der Waals surface area contributed by atoms with E-state index in [2.05, 4.69) is 46.8 Å². The number of hydrogen-bond donors (Lipinski definition) is 0. The predicted molar refractivity (Wildman–Crippen MR) is 77.8 cm³/mol. The van der Waals surface area contributed by atoms with Gasteiger partial charge in [-0.15, -0.1) is 0 Å². The van der Waals surface area contributed by atoms with E-state index >= 15 is 0 Å². The third-order valence-electron chi connectivity index (χ3n) is 4.18. The SMILES string of the molecule is CC(C)C(C)[C@@H]1OC(c2ccccc2)O[C@H]1C(C)C. The van der Waals surface area contributed by atoms with Crippen molar-refractivity contribution < 1.29 is 9.47 Å². The Bertz CT molecular complexity index is 386. The molecule has 106 valence electrons. The number of rotatable bonds is 4. The summed E-state index contributed by atoms with van der Waals surface area (Å²) in [6.45, 7) is 11.2. The van der Waals surface area contributed by atoms with Crippen molar-refractivity contribution >= 4 is 0 Å². The molecule has 0 spiro atoms. The minimum Gasteiger partial charge on any atom is -0.342 e. The fourth-order valence-corrected chi connectivity index (χ4v) is 2.58. The van der Waals surface area contributed by atoms with Gasteiger partial charge in [0, 0.05) is 5.56 Å². The number of ether oxygens (including phenoxy) is 2. The third-order valence-corrected chi connectivity index (χ3v) is 4.18. The van der Waals surface area contributed by atoms with Gasteiger partial charge in [0.1, 0.15) is 0 Å². The van der Waals surface area contributed by atoms with Gasteiger partial charge in [-0.2, -0.15) is 0 Å². The Morgan fingerprint density at radius 3 is 1.95 bits per heavy atom. The Kier molecular flexibility index (Phi) is 4.64. The Hall–Kier alpha value is -0.860. The summed E-state index contributed by atoms with van der Waals surface area (Å²) in [6, 6.07) is 10.2. The predicted octanol–water partition coefficient (Wildman–Crippen LogP) is 4.42. The summed E-state index contributed by atoms with van der Waals surface area (Å²) in [6.07, 6.45) is 0.160. The van der Waals surface area contributed by atoms with Gasteiger partial charge in [-0.05, 0) is 17.8 Å². The van der Waals surface area contributed by atoms with Crippen LogP contribution < -0.4 is 0 Å². The fourth-order valence-electron chi connectivity index (χ4n) is 2.58. The van der Waals surface area contributed by atoms with Crippen molar-refractivity contribution in [2.75, 3.05) is 0 Å². The van der Waals surface area contributed by atoms with Crippen molar-refractivity contribution in [1.29, 1.82) is 0 Å². The van der Waals surface area contributed by atoms with Gasteiger partial charge in [-0.25, -0.2) is 0 Å². The second-order valence-electron chi connectivity index (χ2n) is 6.29. The van der Waals surface area contributed by atoms with E-state index in [9.17, 15) is 0 Å². The molecule has 2 rings (SSSR count). The molecular weight excluding hydrogens is 236 g/mol. The first kappa shape index (κ1) is 14.5. The molecule has 1 aliphatic heterocycles. The van der Waals surface area contributed by atoms with E-state index in [-0.39, 0.29) is 18.5 Å². The van der Waals surface area contributed by atoms with Crippen LogP contribution in [0.1, 0.15) is 46.5 Å². The lowest BCUT2D eigenvalue weighted by atomic mass is 9.86. The Morgan fingerprint density at radius 2 is 1.42 bits per heavy atom. The molecule has 1 aromatic carbocycles. The van der Waals surface area contributed by atoms with E-state index in [1.54, 1.807) is 0 Å². The van der Waals surface area contributed by atoms with Crippen LogP contribution in [0.4, 0.5) is 0 Å². The highest BCUT2D eigenvalue weighted by atomic mass is 16.7. The van der Waals surface area contributed by atoms with Crippen molar-refractivity contribution in [3.63, 3.8) is 0 Å². The van der Waals surface area contributed by atoms with Gasteiger partial charge in [-0.3, -0.25) is 0 Å². The highest BCUT2D eigenvalue weighted by Gasteiger charge is 2.42. The molecule has 2 heteroatoms. The Balaban J connectivity index is 2.16. The first-order valence-corrected chi connectivity index (χ1v) is 7.36. The molecule has 2 nitrogen and oxygen atoms in total. The summed E-state index contributed by atoms with van der Waals surface area (Å²) >= 11 is 0. The second kappa shape index (κ2) is 6.06. The molecule has 4 atom stereocenters. The zero-order chi connectivity index (χ0) is 14.0. The molecule has 0 bridgehead atoms. The molecule has 0 saturated carbocycles. The van der Waals surface area contributed by atoms with Crippen LogP contribution in [0.2, 0.25) is 0 Å². The number of hydrogen-bond acceptors (Lipinski definition) is 2. The summed E-state index contributed by atoms with van der Waals surface area (Å²) in [5, 5.41) is 0.